The van der Waals surface area contributed by atoms with Gasteiger partial charge in [0.15, 0.2) is 5.69 Å². The molecule has 6 nitrogen and oxygen atoms in total. The van der Waals surface area contributed by atoms with Crippen molar-refractivity contribution in [2.24, 2.45) is 0 Å². The lowest BCUT2D eigenvalue weighted by Gasteiger charge is -2.18. The fraction of sp³-hybridized carbons (Fsp3) is 0.250. The standard InChI is InChI=1S/C20H21N3O3/c1-13-7-9-14(10-8-13)16(11-12-18(24)26-2)21-20(25)19-15-5-3-4-6-17(15)22-23-19/h3-10,16H,11-12H2,1-2H3,(H,21,25)(H,22,23). The zero-order valence-corrected chi connectivity index (χ0v) is 14.8. The molecule has 0 fully saturated rings. The molecular weight excluding hydrogens is 330 g/mol. The number of methoxy groups -OCH3 is 1. The number of aromatic nitrogens is 2. The van der Waals surface area contributed by atoms with Gasteiger partial charge in [0.1, 0.15) is 0 Å². The highest BCUT2D eigenvalue weighted by Crippen LogP contribution is 2.22. The van der Waals surface area contributed by atoms with Gasteiger partial charge in [-0.3, -0.25) is 14.7 Å². The molecule has 1 aromatic heterocycles. The third kappa shape index (κ3) is 3.91. The molecule has 134 valence electrons. The molecule has 0 saturated carbocycles. The Hall–Kier alpha value is -3.15. The van der Waals surface area contributed by atoms with Crippen LogP contribution in [0.5, 0.6) is 0 Å². The zero-order chi connectivity index (χ0) is 18.5. The predicted molar refractivity (Wildman–Crippen MR) is 98.7 cm³/mol. The van der Waals surface area contributed by atoms with Gasteiger partial charge in [0.2, 0.25) is 0 Å². The van der Waals surface area contributed by atoms with Crippen molar-refractivity contribution in [1.29, 1.82) is 0 Å². The molecule has 0 aliphatic heterocycles. The van der Waals surface area contributed by atoms with Crippen molar-refractivity contribution in [2.45, 2.75) is 25.8 Å². The lowest BCUT2D eigenvalue weighted by molar-refractivity contribution is -0.140. The smallest absolute Gasteiger partial charge is 0.305 e. The molecule has 1 amide bonds. The molecule has 3 aromatic rings. The number of aromatic amines is 1. The Morgan fingerprint density at radius 3 is 2.62 bits per heavy atom. The number of carbonyl (C=O) groups is 2. The topological polar surface area (TPSA) is 84.1 Å². The first-order valence-corrected chi connectivity index (χ1v) is 8.46. The van der Waals surface area contributed by atoms with Crippen LogP contribution in [0, 0.1) is 6.92 Å². The van der Waals surface area contributed by atoms with Gasteiger partial charge in [0, 0.05) is 11.8 Å². The number of esters is 1. The van der Waals surface area contributed by atoms with Crippen molar-refractivity contribution in [3.8, 4) is 0 Å². The SMILES string of the molecule is COC(=O)CCC(NC(=O)c1n[nH]c2ccccc12)c1ccc(C)cc1. The number of ether oxygens (including phenoxy) is 1. The summed E-state index contributed by atoms with van der Waals surface area (Å²) in [5, 5.41) is 10.8. The van der Waals surface area contributed by atoms with Crippen LogP contribution in [0.3, 0.4) is 0 Å². The number of hydrogen-bond donors (Lipinski definition) is 2. The van der Waals surface area contributed by atoms with Crippen molar-refractivity contribution < 1.29 is 14.3 Å². The van der Waals surface area contributed by atoms with Crippen LogP contribution >= 0.6 is 0 Å². The zero-order valence-electron chi connectivity index (χ0n) is 14.8. The average Bonchev–Trinajstić information content (AvgIpc) is 3.09. The number of carbonyl (C=O) groups excluding carboxylic acids is 2. The highest BCUT2D eigenvalue weighted by Gasteiger charge is 2.20. The van der Waals surface area contributed by atoms with Gasteiger partial charge in [0.05, 0.1) is 18.7 Å². The molecule has 0 bridgehead atoms. The van der Waals surface area contributed by atoms with Gasteiger partial charge in [-0.1, -0.05) is 48.0 Å². The molecule has 1 unspecified atom stereocenters. The van der Waals surface area contributed by atoms with E-state index in [0.717, 1.165) is 22.0 Å². The molecule has 26 heavy (non-hydrogen) atoms. The fourth-order valence-electron chi connectivity index (χ4n) is 2.85. The van der Waals surface area contributed by atoms with E-state index < -0.39 is 0 Å². The molecule has 6 heteroatoms. The van der Waals surface area contributed by atoms with E-state index in [1.54, 1.807) is 0 Å². The number of hydrogen-bond acceptors (Lipinski definition) is 4. The average molecular weight is 351 g/mol. The van der Waals surface area contributed by atoms with Crippen LogP contribution in [0.1, 0.15) is 40.5 Å². The summed E-state index contributed by atoms with van der Waals surface area (Å²) in [5.74, 6) is -0.584. The highest BCUT2D eigenvalue weighted by atomic mass is 16.5. The molecule has 2 aromatic carbocycles. The quantitative estimate of drug-likeness (QED) is 0.668. The number of para-hydroxylation sites is 1. The Morgan fingerprint density at radius 1 is 1.15 bits per heavy atom. The van der Waals surface area contributed by atoms with E-state index in [9.17, 15) is 9.59 Å². The molecular formula is C20H21N3O3. The van der Waals surface area contributed by atoms with E-state index in [1.807, 2.05) is 55.5 Å². The summed E-state index contributed by atoms with van der Waals surface area (Å²) in [6.07, 6.45) is 0.667. The minimum Gasteiger partial charge on any atom is -0.469 e. The lowest BCUT2D eigenvalue weighted by Crippen LogP contribution is -2.29. The molecule has 1 heterocycles. The lowest BCUT2D eigenvalue weighted by atomic mass is 10.0. The molecule has 0 radical (unpaired) electrons. The fourth-order valence-corrected chi connectivity index (χ4v) is 2.85. The van der Waals surface area contributed by atoms with Crippen molar-refractivity contribution in [3.63, 3.8) is 0 Å². The Balaban J connectivity index is 1.83. The number of fused-ring (bicyclic) bond motifs is 1. The van der Waals surface area contributed by atoms with Gasteiger partial charge in [-0.15, -0.1) is 0 Å². The minimum atomic E-state index is -0.308. The van der Waals surface area contributed by atoms with E-state index in [-0.39, 0.29) is 24.3 Å². The number of amides is 1. The first-order valence-electron chi connectivity index (χ1n) is 8.46. The molecule has 0 aliphatic rings. The predicted octanol–water partition coefficient (Wildman–Crippen LogP) is 3.30. The third-order valence-corrected chi connectivity index (χ3v) is 4.34. The van der Waals surface area contributed by atoms with E-state index in [2.05, 4.69) is 15.5 Å². The van der Waals surface area contributed by atoms with Crippen LogP contribution in [-0.4, -0.2) is 29.2 Å². The number of rotatable bonds is 6. The van der Waals surface area contributed by atoms with Crippen LogP contribution in [0.4, 0.5) is 0 Å². The van der Waals surface area contributed by atoms with Gasteiger partial charge in [-0.05, 0) is 25.0 Å². The summed E-state index contributed by atoms with van der Waals surface area (Å²) >= 11 is 0. The second kappa shape index (κ2) is 7.82. The Morgan fingerprint density at radius 2 is 1.88 bits per heavy atom. The number of benzene rings is 2. The maximum absolute atomic E-state index is 12.8. The van der Waals surface area contributed by atoms with E-state index >= 15 is 0 Å². The van der Waals surface area contributed by atoms with Crippen LogP contribution in [0.15, 0.2) is 48.5 Å². The van der Waals surface area contributed by atoms with Gasteiger partial charge in [-0.25, -0.2) is 0 Å². The van der Waals surface area contributed by atoms with Gasteiger partial charge in [-0.2, -0.15) is 5.10 Å². The number of nitrogens with zero attached hydrogens (tertiary/aromatic N) is 1. The van der Waals surface area contributed by atoms with Crippen LogP contribution in [0.2, 0.25) is 0 Å². The first kappa shape index (κ1) is 17.7. The van der Waals surface area contributed by atoms with Crippen molar-refractivity contribution in [1.82, 2.24) is 15.5 Å². The molecule has 0 aliphatic carbocycles. The van der Waals surface area contributed by atoms with Crippen LogP contribution in [-0.2, 0) is 9.53 Å². The third-order valence-electron chi connectivity index (χ3n) is 4.34. The van der Waals surface area contributed by atoms with Gasteiger partial charge >= 0.3 is 5.97 Å². The Bertz CT molecular complexity index is 915. The second-order valence-electron chi connectivity index (χ2n) is 6.17. The van der Waals surface area contributed by atoms with E-state index in [1.165, 1.54) is 7.11 Å². The van der Waals surface area contributed by atoms with Gasteiger partial charge < -0.3 is 10.1 Å². The van der Waals surface area contributed by atoms with Crippen molar-refractivity contribution >= 4 is 22.8 Å². The number of H-pyrrole nitrogens is 1. The van der Waals surface area contributed by atoms with E-state index in [0.29, 0.717) is 12.1 Å². The molecule has 3 rings (SSSR count). The van der Waals surface area contributed by atoms with E-state index in [4.69, 9.17) is 4.74 Å². The normalized spacial score (nSPS) is 11.9. The summed E-state index contributed by atoms with van der Waals surface area (Å²) in [7, 11) is 1.36. The number of nitrogens with one attached hydrogen (secondary N) is 2. The van der Waals surface area contributed by atoms with Crippen LogP contribution in [0.25, 0.3) is 10.9 Å². The largest absolute Gasteiger partial charge is 0.469 e. The molecule has 0 saturated heterocycles. The Labute approximate surface area is 151 Å². The minimum absolute atomic E-state index is 0.219. The van der Waals surface area contributed by atoms with Crippen molar-refractivity contribution in [2.75, 3.05) is 7.11 Å². The van der Waals surface area contributed by atoms with Crippen LogP contribution < -0.4 is 5.32 Å². The van der Waals surface area contributed by atoms with Crippen molar-refractivity contribution in [3.05, 3.63) is 65.4 Å². The summed E-state index contributed by atoms with van der Waals surface area (Å²) in [5.41, 5.74) is 3.22. The summed E-state index contributed by atoms with van der Waals surface area (Å²) in [6, 6.07) is 15.0. The van der Waals surface area contributed by atoms with Gasteiger partial charge in [0.25, 0.3) is 5.91 Å². The monoisotopic (exact) mass is 351 g/mol. The molecule has 2 N–H and O–H groups in total. The number of aryl methyl sites for hydroxylation is 1. The summed E-state index contributed by atoms with van der Waals surface area (Å²) in [4.78, 5) is 24.3. The second-order valence-corrected chi connectivity index (χ2v) is 6.17. The summed E-state index contributed by atoms with van der Waals surface area (Å²) in [6.45, 7) is 2.00. The Kier molecular flexibility index (Phi) is 5.31. The molecule has 1 atom stereocenters. The highest BCUT2D eigenvalue weighted by molar-refractivity contribution is 6.04. The maximum atomic E-state index is 12.8. The molecule has 0 spiro atoms. The maximum Gasteiger partial charge on any atom is 0.305 e. The summed E-state index contributed by atoms with van der Waals surface area (Å²) < 4.78 is 4.72. The first-order chi connectivity index (χ1) is 12.6.